The lowest BCUT2D eigenvalue weighted by molar-refractivity contribution is -0.138. The second kappa shape index (κ2) is 18.0. The zero-order chi connectivity index (χ0) is 43.7. The van der Waals surface area contributed by atoms with Gasteiger partial charge in [0.2, 0.25) is 11.8 Å². The number of piperazine rings is 1. The Hall–Kier alpha value is -4.95. The van der Waals surface area contributed by atoms with E-state index in [4.69, 9.17) is 28.6 Å². The van der Waals surface area contributed by atoms with Gasteiger partial charge in [0, 0.05) is 61.2 Å². The van der Waals surface area contributed by atoms with E-state index in [0.29, 0.717) is 61.8 Å². The number of rotatable bonds is 13. The molecule has 3 aromatic rings. The Morgan fingerprint density at radius 1 is 1.05 bits per heavy atom. The van der Waals surface area contributed by atoms with Crippen molar-refractivity contribution in [1.29, 1.82) is 5.26 Å². The lowest BCUT2D eigenvalue weighted by atomic mass is 9.90. The summed E-state index contributed by atoms with van der Waals surface area (Å²) in [5.41, 5.74) is -0.428. The van der Waals surface area contributed by atoms with E-state index in [1.807, 2.05) is 19.1 Å². The van der Waals surface area contributed by atoms with Gasteiger partial charge in [0.15, 0.2) is 16.6 Å². The van der Waals surface area contributed by atoms with Gasteiger partial charge in [-0.2, -0.15) is 18.4 Å². The van der Waals surface area contributed by atoms with Gasteiger partial charge in [0.25, 0.3) is 5.91 Å². The third kappa shape index (κ3) is 9.65. The molecule has 60 heavy (non-hydrogen) atoms. The zero-order valence-corrected chi connectivity index (χ0v) is 35.6. The fourth-order valence-corrected chi connectivity index (χ4v) is 9.00. The highest BCUT2D eigenvalue weighted by Gasteiger charge is 2.51. The molecule has 3 aliphatic rings. The van der Waals surface area contributed by atoms with Crippen LogP contribution in [-0.2, 0) is 44.6 Å². The summed E-state index contributed by atoms with van der Waals surface area (Å²) >= 11 is 12.1. The number of piperidine rings is 1. The Kier molecular flexibility index (Phi) is 13.3. The van der Waals surface area contributed by atoms with Crippen molar-refractivity contribution >= 4 is 63.8 Å². The van der Waals surface area contributed by atoms with Gasteiger partial charge >= 0.3 is 6.18 Å². The van der Waals surface area contributed by atoms with E-state index < -0.39 is 28.9 Å². The monoisotopic (exact) mass is 865 g/mol. The van der Waals surface area contributed by atoms with Gasteiger partial charge in [0.05, 0.1) is 24.0 Å². The minimum absolute atomic E-state index is 0.0232. The molecule has 0 aliphatic carbocycles. The summed E-state index contributed by atoms with van der Waals surface area (Å²) in [5.74, 6) is -0.681. The van der Waals surface area contributed by atoms with Crippen LogP contribution in [0.3, 0.4) is 0 Å². The number of nitrogens with one attached hydrogen (secondary N) is 1. The Labute approximate surface area is 357 Å². The van der Waals surface area contributed by atoms with Crippen LogP contribution in [0.2, 0.25) is 5.02 Å². The molecular weight excluding hydrogens is 819 g/mol. The summed E-state index contributed by atoms with van der Waals surface area (Å²) in [5, 5.41) is 12.1. The molecule has 3 saturated heterocycles. The number of thiocarbonyl (C=S) groups is 1. The summed E-state index contributed by atoms with van der Waals surface area (Å²) in [6, 6.07) is 13.4. The molecule has 17 heteroatoms. The van der Waals surface area contributed by atoms with Crippen molar-refractivity contribution < 1.29 is 37.1 Å². The standard InChI is InChI=1S/C43H47ClF3N7O5S/c1-6-29-18-32(54-41(60)53(40(58)42(54,4)5)33-19-35(43(45,46)47)36(20-48)49-21-33)8-9-37(29)59-12-11-51-22-26(3)52(23-25(51)2)24-34(55)17-28-13-27(15-31(44)16-28)14-30-7-10-38(56)50-39(30)57/h8-9,13,15-16,18-19,21,25-26,30H,6-7,10-12,14,17,22-24H2,1-5H3,(H,50,56,57)/t25-,26-,30?/m1/s1. The van der Waals surface area contributed by atoms with E-state index >= 15 is 0 Å². The van der Waals surface area contributed by atoms with E-state index in [2.05, 4.69) is 33.9 Å². The number of anilines is 2. The number of amides is 3. The van der Waals surface area contributed by atoms with Gasteiger partial charge in [-0.3, -0.25) is 39.2 Å². The molecule has 1 unspecified atom stereocenters. The third-order valence-electron chi connectivity index (χ3n) is 11.4. The number of pyridine rings is 1. The highest BCUT2D eigenvalue weighted by molar-refractivity contribution is 7.81. The van der Waals surface area contributed by atoms with E-state index in [9.17, 15) is 37.6 Å². The summed E-state index contributed by atoms with van der Waals surface area (Å²) in [4.78, 5) is 61.7. The Balaban J connectivity index is 1.04. The predicted octanol–water partition coefficient (Wildman–Crippen LogP) is 6.29. The lowest BCUT2D eigenvalue weighted by Crippen LogP contribution is -2.58. The summed E-state index contributed by atoms with van der Waals surface area (Å²) in [6.45, 7) is 12.2. The van der Waals surface area contributed by atoms with Crippen molar-refractivity contribution in [2.75, 3.05) is 42.6 Å². The lowest BCUT2D eigenvalue weighted by Gasteiger charge is -2.43. The largest absolute Gasteiger partial charge is 0.492 e. The highest BCUT2D eigenvalue weighted by atomic mass is 35.5. The first-order valence-electron chi connectivity index (χ1n) is 19.8. The predicted molar refractivity (Wildman–Crippen MR) is 224 cm³/mol. The van der Waals surface area contributed by atoms with Crippen LogP contribution >= 0.6 is 23.8 Å². The van der Waals surface area contributed by atoms with E-state index in [1.54, 1.807) is 43.0 Å². The summed E-state index contributed by atoms with van der Waals surface area (Å²) in [7, 11) is 0. The number of nitriles is 1. The highest BCUT2D eigenvalue weighted by Crippen LogP contribution is 2.40. The number of halogens is 4. The average molecular weight is 866 g/mol. The maximum atomic E-state index is 13.8. The molecule has 318 valence electrons. The van der Waals surface area contributed by atoms with Gasteiger partial charge in [0.1, 0.15) is 24.0 Å². The molecule has 1 N–H and O–H groups in total. The van der Waals surface area contributed by atoms with Crippen LogP contribution in [0, 0.1) is 17.2 Å². The minimum atomic E-state index is -4.86. The molecule has 0 saturated carbocycles. The second-order valence-corrected chi connectivity index (χ2v) is 17.0. The first kappa shape index (κ1) is 44.6. The maximum absolute atomic E-state index is 13.8. The van der Waals surface area contributed by atoms with Crippen molar-refractivity contribution in [3.05, 3.63) is 81.6 Å². The molecule has 4 heterocycles. The third-order valence-corrected chi connectivity index (χ3v) is 12.0. The SMILES string of the molecule is CCc1cc(N2C(=S)N(c3cnc(C#N)c(C(F)(F)F)c3)C(=O)C2(C)C)ccc1OCCN1C[C@@H](C)N(CC(=O)Cc2cc(Cl)cc(CC3CCC(=O)NC3=O)c2)C[C@H]1C. The van der Waals surface area contributed by atoms with E-state index in [0.717, 1.165) is 40.4 Å². The molecule has 2 aromatic carbocycles. The Bertz CT molecular complexity index is 2250. The molecular formula is C43H47ClF3N7O5S. The molecule has 3 aliphatic heterocycles. The quantitative estimate of drug-likeness (QED) is 0.153. The molecule has 12 nitrogen and oxygen atoms in total. The number of aryl methyl sites for hydroxylation is 1. The fourth-order valence-electron chi connectivity index (χ4n) is 8.20. The van der Waals surface area contributed by atoms with Crippen LogP contribution in [0.4, 0.5) is 24.5 Å². The molecule has 1 aromatic heterocycles. The number of aromatic nitrogens is 1. The van der Waals surface area contributed by atoms with Crippen LogP contribution < -0.4 is 19.9 Å². The van der Waals surface area contributed by atoms with Gasteiger partial charge < -0.3 is 9.64 Å². The molecule has 0 spiro atoms. The number of ether oxygens (including phenoxy) is 1. The first-order valence-corrected chi connectivity index (χ1v) is 20.6. The molecule has 6 rings (SSSR count). The number of hydrogen-bond donors (Lipinski definition) is 1. The first-order chi connectivity index (χ1) is 28.3. The zero-order valence-electron chi connectivity index (χ0n) is 34.1. The fraction of sp³-hybridized carbons (Fsp3) is 0.465. The van der Waals surface area contributed by atoms with Crippen molar-refractivity contribution in [3.8, 4) is 11.8 Å². The normalized spacial score (nSPS) is 21.3. The number of carbonyl (C=O) groups is 4. The van der Waals surface area contributed by atoms with Crippen LogP contribution in [-0.4, -0.2) is 93.8 Å². The topological polar surface area (TPSA) is 139 Å². The molecule has 0 bridgehead atoms. The molecule has 3 amide bonds. The number of imide groups is 1. The molecule has 0 radical (unpaired) electrons. The van der Waals surface area contributed by atoms with Gasteiger partial charge in [-0.15, -0.1) is 0 Å². The number of alkyl halides is 3. The molecule has 3 fully saturated rings. The number of nitrogens with zero attached hydrogens (tertiary/aromatic N) is 6. The van der Waals surface area contributed by atoms with Crippen molar-refractivity contribution in [1.82, 2.24) is 20.1 Å². The second-order valence-electron chi connectivity index (χ2n) is 16.2. The van der Waals surface area contributed by atoms with Gasteiger partial charge in [-0.05, 0) is 112 Å². The smallest absolute Gasteiger partial charge is 0.419 e. The maximum Gasteiger partial charge on any atom is 0.419 e. The van der Waals surface area contributed by atoms with Crippen molar-refractivity contribution in [2.45, 2.75) is 90.5 Å². The van der Waals surface area contributed by atoms with Gasteiger partial charge in [-0.1, -0.05) is 24.6 Å². The number of Topliss-reactive ketones (excluding diaryl/α,β-unsaturated/α-hetero) is 1. The number of carbonyl (C=O) groups excluding carboxylic acids is 4. The molecule has 3 atom stereocenters. The number of hydrogen-bond acceptors (Lipinski definition) is 10. The van der Waals surface area contributed by atoms with Crippen LogP contribution in [0.5, 0.6) is 5.75 Å². The minimum Gasteiger partial charge on any atom is -0.492 e. The van der Waals surface area contributed by atoms with Crippen LogP contribution in [0.1, 0.15) is 75.4 Å². The summed E-state index contributed by atoms with van der Waals surface area (Å²) < 4.78 is 47.6. The average Bonchev–Trinajstić information content (AvgIpc) is 3.35. The summed E-state index contributed by atoms with van der Waals surface area (Å²) in [6.07, 6.45) is -1.79. The number of ketones is 1. The van der Waals surface area contributed by atoms with Gasteiger partial charge in [-0.25, -0.2) is 4.98 Å². The van der Waals surface area contributed by atoms with Crippen molar-refractivity contribution in [3.63, 3.8) is 0 Å². The Morgan fingerprint density at radius 3 is 2.43 bits per heavy atom. The Morgan fingerprint density at radius 2 is 1.75 bits per heavy atom. The van der Waals surface area contributed by atoms with E-state index in [-0.39, 0.29) is 59.4 Å². The number of benzene rings is 2. The van der Waals surface area contributed by atoms with Crippen LogP contribution in [0.15, 0.2) is 48.7 Å². The van der Waals surface area contributed by atoms with E-state index in [1.165, 1.54) is 6.07 Å². The van der Waals surface area contributed by atoms with Crippen LogP contribution in [0.25, 0.3) is 0 Å². The van der Waals surface area contributed by atoms with Crippen molar-refractivity contribution in [2.24, 2.45) is 5.92 Å².